The summed E-state index contributed by atoms with van der Waals surface area (Å²) in [6.07, 6.45) is 0. The minimum atomic E-state index is -5.62. The second kappa shape index (κ2) is 11.5. The van der Waals surface area contributed by atoms with Crippen molar-refractivity contribution in [3.05, 3.63) is 0 Å². The maximum absolute atomic E-state index is 9.04. The van der Waals surface area contributed by atoms with Crippen molar-refractivity contribution in [3.8, 4) is 0 Å². The summed E-state index contributed by atoms with van der Waals surface area (Å²) in [6, 6.07) is 0. The molecule has 0 amide bonds. The van der Waals surface area contributed by atoms with Gasteiger partial charge in [0.25, 0.3) is 0 Å². The van der Waals surface area contributed by atoms with Crippen molar-refractivity contribution in [2.45, 2.75) is 0 Å². The first kappa shape index (κ1) is 23.9. The van der Waals surface area contributed by atoms with Crippen LogP contribution in [0.5, 0.6) is 0 Å². The van der Waals surface area contributed by atoms with Crippen LogP contribution in [0.3, 0.4) is 0 Å². The topological polar surface area (TPSA) is 152 Å². The first-order valence-electron chi connectivity index (χ1n) is 1.70. The summed E-state index contributed by atoms with van der Waals surface area (Å²) in [5.41, 5.74) is 0. The molecule has 0 saturated heterocycles. The molecule has 0 unspecified atom stereocenters. The Morgan fingerprint density at radius 3 is 1.23 bits per heavy atom. The number of rotatable bonds is 0. The molecule has 0 aliphatic carbocycles. The monoisotopic (exact) mass is 270 g/mol. The molecule has 0 rings (SSSR count). The predicted molar refractivity (Wildman–Crippen MR) is 14.7 cm³/mol. The van der Waals surface area contributed by atoms with E-state index < -0.39 is 24.9 Å². The van der Waals surface area contributed by atoms with Crippen molar-refractivity contribution >= 4 is 11.9 Å². The van der Waals surface area contributed by atoms with Gasteiger partial charge in [-0.2, -0.15) is 0 Å². The zero-order valence-corrected chi connectivity index (χ0v) is 13.0. The number of carboxylic acid groups (broad SMARTS) is 2. The van der Waals surface area contributed by atoms with E-state index in [0.717, 1.165) is 0 Å². The van der Waals surface area contributed by atoms with Crippen LogP contribution in [-0.2, 0) is 34.1 Å². The second-order valence-corrected chi connectivity index (χ2v) is 2.15. The van der Waals surface area contributed by atoms with Crippen LogP contribution < -0.4 is 90.2 Å². The summed E-state index contributed by atoms with van der Waals surface area (Å²) in [5, 5.41) is 16.3. The average Bonchev–Trinajstić information content (AvgIpc) is 1.59. The predicted octanol–water partition coefficient (Wildman–Crippen LogP) is -9.72. The second-order valence-electron chi connectivity index (χ2n) is 0.971. The standard InChI is InChI=1S/C2H2O4.K.Mn.Na.4O/c3-1(4)2(5)6;;;;;;;/h(H,3,4)(H,5,6);;;;;;;/q;+1;;+1;;;;-1/p-1. The fraction of sp³-hybridized carbons (Fsp3) is 0. The van der Waals surface area contributed by atoms with E-state index in [4.69, 9.17) is 35.5 Å². The Bertz CT molecular complexity index is 272. The molecule has 0 aromatic rings. The molecule has 66 valence electrons. The third-order valence-corrected chi connectivity index (χ3v) is 0.175. The summed E-state index contributed by atoms with van der Waals surface area (Å²) >= 11 is -5.62. The molecule has 0 heterocycles. The van der Waals surface area contributed by atoms with Crippen molar-refractivity contribution in [2.24, 2.45) is 0 Å². The first-order chi connectivity index (χ1) is 4.64. The van der Waals surface area contributed by atoms with Gasteiger partial charge >= 0.3 is 116 Å². The Labute approximate surface area is 139 Å². The molecule has 11 heteroatoms. The number of hydrogen-bond acceptors (Lipinski definition) is 7. The van der Waals surface area contributed by atoms with Gasteiger partial charge in [0.05, 0.1) is 0 Å². The molecule has 0 aliphatic heterocycles. The van der Waals surface area contributed by atoms with E-state index in [0.29, 0.717) is 0 Å². The van der Waals surface area contributed by atoms with Gasteiger partial charge in [-0.15, -0.1) is 0 Å². The average molecular weight is 270 g/mol. The summed E-state index contributed by atoms with van der Waals surface area (Å²) in [7, 11) is 0. The van der Waals surface area contributed by atoms with Gasteiger partial charge in [0.2, 0.25) is 0 Å². The van der Waals surface area contributed by atoms with E-state index in [1.807, 2.05) is 0 Å². The Kier molecular flexibility index (Phi) is 21.2. The van der Waals surface area contributed by atoms with E-state index in [2.05, 4.69) is 0 Å². The van der Waals surface area contributed by atoms with Crippen LogP contribution in [-0.4, -0.2) is 17.0 Å². The van der Waals surface area contributed by atoms with Crippen LogP contribution in [0.1, 0.15) is 0 Å². The summed E-state index contributed by atoms with van der Waals surface area (Å²) in [4.78, 5) is 18.0. The molecule has 8 nitrogen and oxygen atoms in total. The van der Waals surface area contributed by atoms with E-state index in [9.17, 15) is 0 Å². The summed E-state index contributed by atoms with van der Waals surface area (Å²) in [6.45, 7) is 0. The minimum absolute atomic E-state index is 0. The van der Waals surface area contributed by atoms with Gasteiger partial charge < -0.3 is 15.0 Å². The van der Waals surface area contributed by atoms with Crippen molar-refractivity contribution in [3.63, 3.8) is 0 Å². The molecule has 0 saturated carbocycles. The zero-order chi connectivity index (χ0) is 9.65. The van der Waals surface area contributed by atoms with Crippen LogP contribution in [0, 0.1) is 0 Å². The molecule has 0 bridgehead atoms. The van der Waals surface area contributed by atoms with Gasteiger partial charge in [-0.1, -0.05) is 0 Å². The Morgan fingerprint density at radius 2 is 1.23 bits per heavy atom. The molecular formula is C2HKMnNaO8. The number of carbonyl (C=O) groups excluding carboxylic acids is 1. The summed E-state index contributed by atoms with van der Waals surface area (Å²) < 4.78 is 34.3. The maximum atomic E-state index is 9.04. The fourth-order valence-electron chi connectivity index (χ4n) is 0. The van der Waals surface area contributed by atoms with E-state index in [1.54, 1.807) is 0 Å². The van der Waals surface area contributed by atoms with Crippen molar-refractivity contribution in [1.82, 2.24) is 0 Å². The van der Waals surface area contributed by atoms with Crippen molar-refractivity contribution in [1.29, 1.82) is 0 Å². The third-order valence-electron chi connectivity index (χ3n) is 0.175. The Balaban J connectivity index is -0.0000000546. The number of carbonyl (C=O) groups is 2. The van der Waals surface area contributed by atoms with Crippen molar-refractivity contribution < 1.29 is 129 Å². The molecule has 0 atom stereocenters. The van der Waals surface area contributed by atoms with E-state index in [-0.39, 0.29) is 80.9 Å². The molecule has 0 aromatic heterocycles. The molecule has 0 spiro atoms. The molecular weight excluding hydrogens is 269 g/mol. The van der Waals surface area contributed by atoms with Gasteiger partial charge in [0.15, 0.2) is 5.97 Å². The van der Waals surface area contributed by atoms with E-state index >= 15 is 0 Å². The first-order valence-corrected chi connectivity index (χ1v) is 3.63. The van der Waals surface area contributed by atoms with Gasteiger partial charge in [-0.05, 0) is 0 Å². The van der Waals surface area contributed by atoms with Gasteiger partial charge in [-0.25, -0.2) is 4.79 Å². The van der Waals surface area contributed by atoms with Crippen LogP contribution in [0.4, 0.5) is 0 Å². The van der Waals surface area contributed by atoms with Gasteiger partial charge in [0.1, 0.15) is 0 Å². The van der Waals surface area contributed by atoms with E-state index in [1.165, 1.54) is 0 Å². The zero-order valence-electron chi connectivity index (χ0n) is 6.68. The van der Waals surface area contributed by atoms with Crippen LogP contribution in [0.25, 0.3) is 0 Å². The van der Waals surface area contributed by atoms with Crippen LogP contribution in [0.15, 0.2) is 0 Å². The molecule has 0 fully saturated rings. The number of hydrogen-bond donors (Lipinski definition) is 1. The number of aliphatic carboxylic acids is 2. The van der Waals surface area contributed by atoms with Crippen LogP contribution in [0.2, 0.25) is 0 Å². The molecule has 13 heavy (non-hydrogen) atoms. The molecule has 0 aromatic carbocycles. The Morgan fingerprint density at radius 1 is 1.15 bits per heavy atom. The fourth-order valence-corrected chi connectivity index (χ4v) is 0. The quantitative estimate of drug-likeness (QED) is 0.336. The van der Waals surface area contributed by atoms with Crippen LogP contribution >= 0.6 is 0 Å². The number of carboxylic acids is 2. The van der Waals surface area contributed by atoms with Gasteiger partial charge in [-0.3, -0.25) is 0 Å². The SMILES string of the molecule is O=C([O-])C(=O)O.[K+].[Na+].[O]=[Mn](=[O])(=[O])[O-]. The normalized spacial score (nSPS) is 7.77. The Hall–Kier alpha value is 1.46. The molecule has 0 radical (unpaired) electrons. The molecule has 1 N–H and O–H groups in total. The third kappa shape index (κ3) is 59.3. The van der Waals surface area contributed by atoms with Crippen molar-refractivity contribution in [2.75, 3.05) is 0 Å². The molecule has 0 aliphatic rings. The van der Waals surface area contributed by atoms with Gasteiger partial charge in [0, 0.05) is 0 Å². The summed E-state index contributed by atoms with van der Waals surface area (Å²) in [5.74, 6) is -4.01.